The molecule has 1 amide bonds. The average Bonchev–Trinajstić information content (AvgIpc) is 2.43. The number of hydrogen-bond acceptors (Lipinski definition) is 5. The van der Waals surface area contributed by atoms with Gasteiger partial charge in [0.1, 0.15) is 17.1 Å². The molecule has 0 fully saturated rings. The summed E-state index contributed by atoms with van der Waals surface area (Å²) in [5.41, 5.74) is 2.09. The average molecular weight is 365 g/mol. The summed E-state index contributed by atoms with van der Waals surface area (Å²) in [5.74, 6) is -0.388. The molecule has 0 unspecified atom stereocenters. The first-order chi connectivity index (χ1) is 10.4. The Balaban J connectivity index is 2.24. The topological polar surface area (TPSA) is 91.9 Å². The van der Waals surface area contributed by atoms with Gasteiger partial charge in [-0.05, 0) is 32.0 Å². The van der Waals surface area contributed by atoms with Crippen molar-refractivity contribution in [1.29, 1.82) is 0 Å². The van der Waals surface area contributed by atoms with Gasteiger partial charge in [-0.25, -0.2) is 10.2 Å². The molecule has 0 radical (unpaired) electrons. The lowest BCUT2D eigenvalue weighted by molar-refractivity contribution is 0.0954. The van der Waals surface area contributed by atoms with Gasteiger partial charge in [-0.3, -0.25) is 4.79 Å². The third-order valence-electron chi connectivity index (χ3n) is 2.83. The first kappa shape index (κ1) is 16.0. The number of halogens is 1. The van der Waals surface area contributed by atoms with Gasteiger partial charge in [-0.2, -0.15) is 5.10 Å². The highest BCUT2D eigenvalue weighted by Crippen LogP contribution is 2.15. The summed E-state index contributed by atoms with van der Waals surface area (Å²) >= 11 is 3.27. The summed E-state index contributed by atoms with van der Waals surface area (Å²) in [6.07, 6.45) is 0. The molecule has 0 aliphatic heterocycles. The third kappa shape index (κ3) is 3.62. The Labute approximate surface area is 134 Å². The first-order valence-corrected chi connectivity index (χ1v) is 7.12. The minimum absolute atomic E-state index is 0.0832. The van der Waals surface area contributed by atoms with Crippen molar-refractivity contribution in [3.63, 3.8) is 0 Å². The molecule has 6 nitrogen and oxygen atoms in total. The van der Waals surface area contributed by atoms with Crippen molar-refractivity contribution in [2.24, 2.45) is 5.10 Å². The molecule has 0 aliphatic rings. The molecule has 0 spiro atoms. The molecule has 114 valence electrons. The van der Waals surface area contributed by atoms with Crippen LogP contribution in [0, 0.1) is 6.92 Å². The van der Waals surface area contributed by atoms with E-state index in [1.165, 1.54) is 13.0 Å². The Kier molecular flexibility index (Phi) is 4.77. The number of hydrazone groups is 1. The van der Waals surface area contributed by atoms with Crippen molar-refractivity contribution in [3.8, 4) is 5.75 Å². The molecule has 1 heterocycles. The molecule has 2 N–H and O–H groups in total. The maximum atomic E-state index is 12.0. The van der Waals surface area contributed by atoms with E-state index in [0.717, 1.165) is 4.47 Å². The fraction of sp³-hybridized carbons (Fsp3) is 0.133. The molecule has 0 aliphatic carbocycles. The summed E-state index contributed by atoms with van der Waals surface area (Å²) in [6, 6.07) is 8.09. The van der Waals surface area contributed by atoms with E-state index in [-0.39, 0.29) is 22.8 Å². The zero-order chi connectivity index (χ0) is 16.3. The van der Waals surface area contributed by atoms with Crippen LogP contribution in [0.3, 0.4) is 0 Å². The SMILES string of the molecule is C/C(=N\NC(=O)c1cccc(Br)c1)c1c(O)cc(C)oc1=O. The maximum Gasteiger partial charge on any atom is 0.348 e. The van der Waals surface area contributed by atoms with Crippen LogP contribution in [0.15, 0.2) is 49.1 Å². The predicted molar refractivity (Wildman–Crippen MR) is 85.2 cm³/mol. The fourth-order valence-corrected chi connectivity index (χ4v) is 2.21. The molecule has 22 heavy (non-hydrogen) atoms. The van der Waals surface area contributed by atoms with E-state index < -0.39 is 11.5 Å². The monoisotopic (exact) mass is 364 g/mol. The molecule has 0 saturated carbocycles. The van der Waals surface area contributed by atoms with Crippen LogP contribution in [-0.4, -0.2) is 16.7 Å². The van der Waals surface area contributed by atoms with E-state index in [9.17, 15) is 14.7 Å². The van der Waals surface area contributed by atoms with Crippen molar-refractivity contribution in [3.05, 3.63) is 62.1 Å². The largest absolute Gasteiger partial charge is 0.507 e. The summed E-state index contributed by atoms with van der Waals surface area (Å²) in [7, 11) is 0. The van der Waals surface area contributed by atoms with Crippen LogP contribution < -0.4 is 11.1 Å². The molecular weight excluding hydrogens is 352 g/mol. The number of amides is 1. The van der Waals surface area contributed by atoms with Gasteiger partial charge < -0.3 is 9.52 Å². The lowest BCUT2D eigenvalue weighted by atomic mass is 10.2. The smallest absolute Gasteiger partial charge is 0.348 e. The maximum absolute atomic E-state index is 12.0. The number of benzene rings is 1. The van der Waals surface area contributed by atoms with Crippen molar-refractivity contribution < 1.29 is 14.3 Å². The van der Waals surface area contributed by atoms with Crippen molar-refractivity contribution in [1.82, 2.24) is 5.43 Å². The number of nitrogens with one attached hydrogen (secondary N) is 1. The number of aromatic hydroxyl groups is 1. The highest BCUT2D eigenvalue weighted by atomic mass is 79.9. The molecule has 2 rings (SSSR count). The first-order valence-electron chi connectivity index (χ1n) is 6.33. The Morgan fingerprint density at radius 2 is 2.09 bits per heavy atom. The number of rotatable bonds is 3. The molecule has 0 bridgehead atoms. The van der Waals surface area contributed by atoms with Gasteiger partial charge in [0.15, 0.2) is 0 Å². The van der Waals surface area contributed by atoms with Gasteiger partial charge in [-0.1, -0.05) is 22.0 Å². The van der Waals surface area contributed by atoms with Gasteiger partial charge in [-0.15, -0.1) is 0 Å². The minimum Gasteiger partial charge on any atom is -0.507 e. The van der Waals surface area contributed by atoms with Crippen molar-refractivity contribution in [2.45, 2.75) is 13.8 Å². The standard InChI is InChI=1S/C15H13BrN2O4/c1-8-6-12(19)13(15(21)22-8)9(2)17-18-14(20)10-4-3-5-11(16)7-10/h3-7,19H,1-2H3,(H,18,20)/b17-9+. The Bertz CT molecular complexity index is 811. The highest BCUT2D eigenvalue weighted by molar-refractivity contribution is 9.10. The number of aryl methyl sites for hydroxylation is 1. The Hall–Kier alpha value is -2.41. The molecule has 7 heteroatoms. The molecule has 0 atom stereocenters. The van der Waals surface area contributed by atoms with Crippen LogP contribution >= 0.6 is 15.9 Å². The van der Waals surface area contributed by atoms with Gasteiger partial charge in [0.25, 0.3) is 5.91 Å². The summed E-state index contributed by atoms with van der Waals surface area (Å²) in [5, 5.41) is 13.6. The second-order valence-corrected chi connectivity index (χ2v) is 5.47. The zero-order valence-electron chi connectivity index (χ0n) is 11.9. The van der Waals surface area contributed by atoms with Crippen LogP contribution in [0.5, 0.6) is 5.75 Å². The van der Waals surface area contributed by atoms with Crippen molar-refractivity contribution in [2.75, 3.05) is 0 Å². The lowest BCUT2D eigenvalue weighted by Gasteiger charge is -2.04. The molecule has 0 saturated heterocycles. The number of hydrogen-bond donors (Lipinski definition) is 2. The molecule has 2 aromatic rings. The van der Waals surface area contributed by atoms with E-state index in [1.807, 2.05) is 0 Å². The van der Waals surface area contributed by atoms with Crippen LogP contribution in [0.2, 0.25) is 0 Å². The van der Waals surface area contributed by atoms with E-state index in [4.69, 9.17) is 4.42 Å². The number of carbonyl (C=O) groups is 1. The van der Waals surface area contributed by atoms with E-state index in [0.29, 0.717) is 5.56 Å². The van der Waals surface area contributed by atoms with Crippen LogP contribution in [0.1, 0.15) is 28.6 Å². The normalized spacial score (nSPS) is 11.3. The van der Waals surface area contributed by atoms with Crippen LogP contribution in [-0.2, 0) is 0 Å². The molecular formula is C15H13BrN2O4. The van der Waals surface area contributed by atoms with Crippen LogP contribution in [0.4, 0.5) is 0 Å². The summed E-state index contributed by atoms with van der Waals surface area (Å²) in [4.78, 5) is 23.7. The van der Waals surface area contributed by atoms with E-state index in [2.05, 4.69) is 26.5 Å². The second kappa shape index (κ2) is 6.57. The predicted octanol–water partition coefficient (Wildman–Crippen LogP) is 2.57. The van der Waals surface area contributed by atoms with Gasteiger partial charge in [0.05, 0.1) is 5.71 Å². The zero-order valence-corrected chi connectivity index (χ0v) is 13.5. The lowest BCUT2D eigenvalue weighted by Crippen LogP contribution is -2.21. The summed E-state index contributed by atoms with van der Waals surface area (Å²) in [6.45, 7) is 3.04. The van der Waals surface area contributed by atoms with Gasteiger partial charge in [0, 0.05) is 16.1 Å². The minimum atomic E-state index is -0.713. The highest BCUT2D eigenvalue weighted by Gasteiger charge is 2.13. The van der Waals surface area contributed by atoms with Gasteiger partial charge in [0.2, 0.25) is 0 Å². The summed E-state index contributed by atoms with van der Waals surface area (Å²) < 4.78 is 5.66. The quantitative estimate of drug-likeness (QED) is 0.646. The number of carbonyl (C=O) groups excluding carboxylic acids is 1. The fourth-order valence-electron chi connectivity index (χ4n) is 1.81. The van der Waals surface area contributed by atoms with E-state index in [1.54, 1.807) is 31.2 Å². The molecule has 1 aromatic carbocycles. The molecule has 1 aromatic heterocycles. The van der Waals surface area contributed by atoms with Gasteiger partial charge >= 0.3 is 5.63 Å². The second-order valence-electron chi connectivity index (χ2n) is 4.55. The van der Waals surface area contributed by atoms with Crippen LogP contribution in [0.25, 0.3) is 0 Å². The third-order valence-corrected chi connectivity index (χ3v) is 3.32. The van der Waals surface area contributed by atoms with Crippen molar-refractivity contribution >= 4 is 27.5 Å². The Morgan fingerprint density at radius 3 is 2.73 bits per heavy atom. The number of nitrogens with zero attached hydrogens (tertiary/aromatic N) is 1. The Morgan fingerprint density at radius 1 is 1.36 bits per heavy atom. The van der Waals surface area contributed by atoms with E-state index >= 15 is 0 Å².